The van der Waals surface area contributed by atoms with Gasteiger partial charge in [-0.3, -0.25) is 9.66 Å². The van der Waals surface area contributed by atoms with E-state index in [0.29, 0.717) is 11.3 Å². The smallest absolute Gasteiger partial charge is 0.357 e. The maximum Gasteiger partial charge on any atom is 0.357 e. The third kappa shape index (κ3) is 4.48. The lowest BCUT2D eigenvalue weighted by Crippen LogP contribution is -2.18. The molecule has 0 atom stereocenters. The van der Waals surface area contributed by atoms with Gasteiger partial charge in [-0.05, 0) is 62.6 Å². The van der Waals surface area contributed by atoms with Crippen LogP contribution >= 0.6 is 0 Å². The molecule has 30 heavy (non-hydrogen) atoms. The number of nitrogens with two attached hydrogens (primary N) is 1. The van der Waals surface area contributed by atoms with Crippen molar-refractivity contribution in [3.8, 4) is 28.1 Å². The van der Waals surface area contributed by atoms with E-state index in [9.17, 15) is 4.79 Å². The first-order chi connectivity index (χ1) is 14.4. The van der Waals surface area contributed by atoms with Gasteiger partial charge in [0.25, 0.3) is 0 Å². The number of pyridine rings is 1. The quantitative estimate of drug-likeness (QED) is 0.470. The lowest BCUT2D eigenvalue weighted by Gasteiger charge is -2.13. The fourth-order valence-corrected chi connectivity index (χ4v) is 3.49. The SMILES string of the molecule is CC.CCOC(=O)c1c(-c2cc(C)cc(C)n2)c(-c2cccc(OC)c2C)cn1N. The van der Waals surface area contributed by atoms with E-state index in [1.54, 1.807) is 20.2 Å². The number of rotatable bonds is 5. The number of esters is 1. The fraction of sp³-hybridized carbons (Fsp3) is 0.333. The summed E-state index contributed by atoms with van der Waals surface area (Å²) >= 11 is 0. The van der Waals surface area contributed by atoms with Crippen molar-refractivity contribution in [3.05, 3.63) is 59.0 Å². The Labute approximate surface area is 178 Å². The van der Waals surface area contributed by atoms with E-state index in [4.69, 9.17) is 15.3 Å². The molecular weight excluding hydrogens is 378 g/mol. The van der Waals surface area contributed by atoms with Gasteiger partial charge in [0.2, 0.25) is 0 Å². The van der Waals surface area contributed by atoms with Crippen LogP contribution in [0.2, 0.25) is 0 Å². The molecule has 2 N–H and O–H groups in total. The number of nitrogens with zero attached hydrogens (tertiary/aromatic N) is 2. The van der Waals surface area contributed by atoms with Gasteiger partial charge in [-0.1, -0.05) is 26.0 Å². The second-order valence-electron chi connectivity index (χ2n) is 6.70. The first-order valence-electron chi connectivity index (χ1n) is 10.1. The zero-order chi connectivity index (χ0) is 22.4. The molecule has 6 heteroatoms. The second kappa shape index (κ2) is 9.96. The Morgan fingerprint density at radius 2 is 1.83 bits per heavy atom. The number of aryl methyl sites for hydroxylation is 2. The molecule has 0 bridgehead atoms. The van der Waals surface area contributed by atoms with Crippen LogP contribution in [0.1, 0.15) is 48.1 Å². The van der Waals surface area contributed by atoms with Crippen LogP contribution in [0.5, 0.6) is 5.75 Å². The zero-order valence-corrected chi connectivity index (χ0v) is 18.9. The van der Waals surface area contributed by atoms with Gasteiger partial charge >= 0.3 is 5.97 Å². The molecule has 2 heterocycles. The topological polar surface area (TPSA) is 79.4 Å². The highest BCUT2D eigenvalue weighted by Crippen LogP contribution is 2.39. The molecule has 0 aliphatic rings. The number of carbonyl (C=O) groups is 1. The summed E-state index contributed by atoms with van der Waals surface area (Å²) in [6, 6.07) is 9.73. The molecule has 0 amide bonds. The van der Waals surface area contributed by atoms with Crippen LogP contribution in [0, 0.1) is 20.8 Å². The number of nitrogen functional groups attached to an aromatic ring is 1. The summed E-state index contributed by atoms with van der Waals surface area (Å²) in [5.41, 5.74) is 6.21. The normalized spacial score (nSPS) is 10.2. The predicted octanol–water partition coefficient (Wildman–Crippen LogP) is 5.07. The molecule has 0 radical (unpaired) electrons. The van der Waals surface area contributed by atoms with Crippen molar-refractivity contribution in [2.24, 2.45) is 0 Å². The van der Waals surface area contributed by atoms with E-state index in [2.05, 4.69) is 4.98 Å². The van der Waals surface area contributed by atoms with Crippen LogP contribution < -0.4 is 10.6 Å². The van der Waals surface area contributed by atoms with Crippen LogP contribution in [-0.2, 0) is 4.74 Å². The minimum absolute atomic E-state index is 0.261. The Hall–Kier alpha value is -3.28. The monoisotopic (exact) mass is 409 g/mol. The number of benzene rings is 1. The van der Waals surface area contributed by atoms with Crippen LogP contribution in [0.3, 0.4) is 0 Å². The molecule has 160 valence electrons. The maximum absolute atomic E-state index is 12.7. The highest BCUT2D eigenvalue weighted by molar-refractivity contribution is 6.01. The van der Waals surface area contributed by atoms with Gasteiger partial charge in [-0.2, -0.15) is 0 Å². The van der Waals surface area contributed by atoms with Crippen LogP contribution in [-0.4, -0.2) is 29.3 Å². The number of ether oxygens (including phenoxy) is 2. The van der Waals surface area contributed by atoms with Crippen molar-refractivity contribution in [2.75, 3.05) is 19.6 Å². The van der Waals surface area contributed by atoms with Gasteiger partial charge in [0.15, 0.2) is 5.69 Å². The lowest BCUT2D eigenvalue weighted by atomic mass is 9.95. The van der Waals surface area contributed by atoms with Gasteiger partial charge in [0.1, 0.15) is 5.75 Å². The average molecular weight is 410 g/mol. The van der Waals surface area contributed by atoms with Crippen molar-refractivity contribution in [2.45, 2.75) is 41.5 Å². The van der Waals surface area contributed by atoms with E-state index in [1.165, 1.54) is 4.68 Å². The number of carbonyl (C=O) groups excluding carboxylic acids is 1. The van der Waals surface area contributed by atoms with Gasteiger partial charge in [-0.15, -0.1) is 0 Å². The summed E-state index contributed by atoms with van der Waals surface area (Å²) in [6.07, 6.45) is 1.74. The van der Waals surface area contributed by atoms with E-state index in [1.807, 2.05) is 65.0 Å². The van der Waals surface area contributed by atoms with E-state index in [0.717, 1.165) is 33.7 Å². The van der Waals surface area contributed by atoms with Gasteiger partial charge in [-0.25, -0.2) is 4.79 Å². The number of aromatic nitrogens is 2. The molecule has 3 aromatic rings. The van der Waals surface area contributed by atoms with Crippen molar-refractivity contribution < 1.29 is 14.3 Å². The molecule has 6 nitrogen and oxygen atoms in total. The summed E-state index contributed by atoms with van der Waals surface area (Å²) in [7, 11) is 1.64. The third-order valence-electron chi connectivity index (χ3n) is 4.65. The van der Waals surface area contributed by atoms with E-state index < -0.39 is 5.97 Å². The summed E-state index contributed by atoms with van der Waals surface area (Å²) in [6.45, 7) is 11.9. The van der Waals surface area contributed by atoms with E-state index in [-0.39, 0.29) is 12.3 Å². The van der Waals surface area contributed by atoms with Gasteiger partial charge in [0.05, 0.1) is 19.4 Å². The highest BCUT2D eigenvalue weighted by Gasteiger charge is 2.26. The molecule has 0 aliphatic heterocycles. The summed E-state index contributed by atoms with van der Waals surface area (Å²) < 4.78 is 12.1. The first kappa shape index (κ1) is 23.0. The van der Waals surface area contributed by atoms with Crippen LogP contribution in [0.15, 0.2) is 36.5 Å². The molecule has 1 aromatic carbocycles. The highest BCUT2D eigenvalue weighted by atomic mass is 16.5. The third-order valence-corrected chi connectivity index (χ3v) is 4.65. The van der Waals surface area contributed by atoms with Crippen molar-refractivity contribution in [1.29, 1.82) is 0 Å². The van der Waals surface area contributed by atoms with Crippen molar-refractivity contribution in [1.82, 2.24) is 9.66 Å². The minimum atomic E-state index is -0.479. The number of hydrogen-bond donors (Lipinski definition) is 1. The fourth-order valence-electron chi connectivity index (χ4n) is 3.49. The standard InChI is InChI=1S/C22H25N3O3.C2H6/c1-6-28-22(26)21-20(18-11-13(2)10-14(3)24-18)17(12-25(21)23)16-8-7-9-19(27-5)15(16)4;1-2/h7-12H,6,23H2,1-5H3;1-2H3. The Balaban J connectivity index is 0.00000155. The van der Waals surface area contributed by atoms with Gasteiger partial charge in [0, 0.05) is 23.0 Å². The first-order valence-corrected chi connectivity index (χ1v) is 10.1. The zero-order valence-electron chi connectivity index (χ0n) is 18.9. The maximum atomic E-state index is 12.7. The Bertz CT molecular complexity index is 1020. The average Bonchev–Trinajstić information content (AvgIpc) is 3.06. The molecule has 0 aliphatic carbocycles. The molecule has 3 rings (SSSR count). The Morgan fingerprint density at radius 1 is 1.13 bits per heavy atom. The Kier molecular flexibility index (Phi) is 7.64. The largest absolute Gasteiger partial charge is 0.496 e. The lowest BCUT2D eigenvalue weighted by molar-refractivity contribution is 0.0517. The molecular formula is C24H31N3O3. The molecule has 0 saturated heterocycles. The van der Waals surface area contributed by atoms with Crippen molar-refractivity contribution >= 4 is 5.97 Å². The summed E-state index contributed by atoms with van der Waals surface area (Å²) in [5, 5.41) is 0. The predicted molar refractivity (Wildman–Crippen MR) is 121 cm³/mol. The summed E-state index contributed by atoms with van der Waals surface area (Å²) in [5.74, 6) is 6.49. The Morgan fingerprint density at radius 3 is 2.43 bits per heavy atom. The molecule has 0 unspecified atom stereocenters. The number of methoxy groups -OCH3 is 1. The van der Waals surface area contributed by atoms with Gasteiger partial charge < -0.3 is 15.3 Å². The molecule has 0 fully saturated rings. The number of hydrogen-bond acceptors (Lipinski definition) is 5. The van der Waals surface area contributed by atoms with Crippen molar-refractivity contribution in [3.63, 3.8) is 0 Å². The van der Waals surface area contributed by atoms with Crippen LogP contribution in [0.4, 0.5) is 0 Å². The second-order valence-corrected chi connectivity index (χ2v) is 6.70. The minimum Gasteiger partial charge on any atom is -0.496 e. The van der Waals surface area contributed by atoms with E-state index >= 15 is 0 Å². The molecule has 2 aromatic heterocycles. The van der Waals surface area contributed by atoms with Crippen LogP contribution in [0.25, 0.3) is 22.4 Å². The molecule has 0 spiro atoms. The summed E-state index contributed by atoms with van der Waals surface area (Å²) in [4.78, 5) is 17.4. The molecule has 0 saturated carbocycles.